The summed E-state index contributed by atoms with van der Waals surface area (Å²) in [6.07, 6.45) is 1.47. The smallest absolute Gasteiger partial charge is 0.387 e. The molecule has 1 saturated heterocycles. The molecule has 1 aliphatic heterocycles. The highest BCUT2D eigenvalue weighted by Gasteiger charge is 2.35. The number of carbonyl (C=O) groups excluding carboxylic acids is 2. The molecule has 0 unspecified atom stereocenters. The maximum atomic E-state index is 12.7. The predicted molar refractivity (Wildman–Crippen MR) is 108 cm³/mol. The Balaban J connectivity index is 1.84. The second kappa shape index (κ2) is 9.02. The van der Waals surface area contributed by atoms with E-state index in [9.17, 15) is 18.4 Å². The van der Waals surface area contributed by atoms with E-state index in [1.165, 1.54) is 31.4 Å². The monoisotopic (exact) mass is 459 g/mol. The number of benzene rings is 2. The van der Waals surface area contributed by atoms with Crippen LogP contribution in [-0.2, 0) is 11.3 Å². The van der Waals surface area contributed by atoms with Gasteiger partial charge in [-0.05, 0) is 47.7 Å². The van der Waals surface area contributed by atoms with Crippen molar-refractivity contribution in [3.63, 3.8) is 0 Å². The standard InChI is InChI=1S/C19H13Cl2F2NO4S/c1-27-15-7-10(5-6-14(15)28-18(22)23)8-16-17(25)24(19(26)29-16)9-11-12(20)3-2-4-13(11)21/h2-8,18H,9H2,1H3/b16-8-. The van der Waals surface area contributed by atoms with E-state index in [1.807, 2.05) is 0 Å². The Hall–Kier alpha value is -2.29. The Labute approximate surface area is 179 Å². The molecule has 2 aromatic rings. The van der Waals surface area contributed by atoms with E-state index in [4.69, 9.17) is 27.9 Å². The van der Waals surface area contributed by atoms with Gasteiger partial charge in [0.05, 0.1) is 18.6 Å². The van der Waals surface area contributed by atoms with Crippen LogP contribution in [0.25, 0.3) is 6.08 Å². The van der Waals surface area contributed by atoms with Crippen molar-refractivity contribution in [1.29, 1.82) is 0 Å². The highest BCUT2D eigenvalue weighted by molar-refractivity contribution is 8.18. The number of carbonyl (C=O) groups is 2. The third-order valence-corrected chi connectivity index (χ3v) is 5.57. The van der Waals surface area contributed by atoms with E-state index in [1.54, 1.807) is 18.2 Å². The van der Waals surface area contributed by atoms with Crippen molar-refractivity contribution in [3.05, 3.63) is 62.5 Å². The van der Waals surface area contributed by atoms with Gasteiger partial charge >= 0.3 is 6.61 Å². The van der Waals surface area contributed by atoms with Crippen molar-refractivity contribution in [2.45, 2.75) is 13.2 Å². The predicted octanol–water partition coefficient (Wildman–Crippen LogP) is 5.84. The molecule has 152 valence electrons. The number of nitrogens with zero attached hydrogens (tertiary/aromatic N) is 1. The van der Waals surface area contributed by atoms with E-state index < -0.39 is 17.8 Å². The summed E-state index contributed by atoms with van der Waals surface area (Å²) in [7, 11) is 1.30. The normalized spacial score (nSPS) is 15.5. The number of halogens is 4. The summed E-state index contributed by atoms with van der Waals surface area (Å²) in [5.74, 6) is -0.579. The maximum absolute atomic E-state index is 12.7. The molecule has 1 heterocycles. The van der Waals surface area contributed by atoms with Gasteiger partial charge in [0, 0.05) is 15.6 Å². The van der Waals surface area contributed by atoms with Crippen LogP contribution in [0, 0.1) is 0 Å². The Bertz CT molecular complexity index is 980. The zero-order valence-corrected chi connectivity index (χ0v) is 17.2. The van der Waals surface area contributed by atoms with Gasteiger partial charge in [0.2, 0.25) is 0 Å². The second-order valence-electron chi connectivity index (χ2n) is 5.76. The van der Waals surface area contributed by atoms with Gasteiger partial charge in [0.25, 0.3) is 11.1 Å². The topological polar surface area (TPSA) is 55.8 Å². The molecule has 0 aliphatic carbocycles. The lowest BCUT2D eigenvalue weighted by molar-refractivity contribution is -0.123. The summed E-state index contributed by atoms with van der Waals surface area (Å²) >= 11 is 13.0. The van der Waals surface area contributed by atoms with Gasteiger partial charge in [-0.15, -0.1) is 0 Å². The first-order valence-electron chi connectivity index (χ1n) is 8.11. The second-order valence-corrected chi connectivity index (χ2v) is 7.56. The molecule has 0 radical (unpaired) electrons. The molecule has 1 fully saturated rings. The van der Waals surface area contributed by atoms with Crippen LogP contribution >= 0.6 is 35.0 Å². The van der Waals surface area contributed by atoms with E-state index in [2.05, 4.69) is 4.74 Å². The fourth-order valence-electron chi connectivity index (χ4n) is 2.60. The van der Waals surface area contributed by atoms with Gasteiger partial charge in [-0.3, -0.25) is 14.5 Å². The van der Waals surface area contributed by atoms with Crippen molar-refractivity contribution in [1.82, 2.24) is 4.90 Å². The number of rotatable bonds is 6. The Morgan fingerprint density at radius 2 is 1.83 bits per heavy atom. The summed E-state index contributed by atoms with van der Waals surface area (Å²) in [5.41, 5.74) is 0.944. The Kier molecular flexibility index (Phi) is 6.66. The largest absolute Gasteiger partial charge is 0.493 e. The average Bonchev–Trinajstić information content (AvgIpc) is 2.92. The minimum atomic E-state index is -3.00. The number of thioether (sulfide) groups is 1. The fourth-order valence-corrected chi connectivity index (χ4v) is 3.95. The zero-order valence-electron chi connectivity index (χ0n) is 14.8. The molecule has 3 rings (SSSR count). The molecule has 2 amide bonds. The summed E-state index contributed by atoms with van der Waals surface area (Å²) < 4.78 is 34.3. The lowest BCUT2D eigenvalue weighted by atomic mass is 10.1. The van der Waals surface area contributed by atoms with Crippen LogP contribution in [0.5, 0.6) is 11.5 Å². The summed E-state index contributed by atoms with van der Waals surface area (Å²) in [6.45, 7) is -3.06. The average molecular weight is 460 g/mol. The lowest BCUT2D eigenvalue weighted by Crippen LogP contribution is -2.27. The summed E-state index contributed by atoms with van der Waals surface area (Å²) in [5, 5.41) is 0.224. The SMILES string of the molecule is COc1cc(/C=C2\SC(=O)N(Cc3c(Cl)cccc3Cl)C2=O)ccc1OC(F)F. The molecular weight excluding hydrogens is 447 g/mol. The van der Waals surface area contributed by atoms with Crippen LogP contribution in [0.4, 0.5) is 13.6 Å². The van der Waals surface area contributed by atoms with Gasteiger partial charge < -0.3 is 9.47 Å². The maximum Gasteiger partial charge on any atom is 0.387 e. The van der Waals surface area contributed by atoms with Crippen molar-refractivity contribution in [3.8, 4) is 11.5 Å². The number of hydrogen-bond acceptors (Lipinski definition) is 5. The number of hydrogen-bond donors (Lipinski definition) is 0. The molecule has 0 spiro atoms. The van der Waals surface area contributed by atoms with Gasteiger partial charge in [-0.1, -0.05) is 35.3 Å². The molecular formula is C19H13Cl2F2NO4S. The molecule has 0 atom stereocenters. The fraction of sp³-hybridized carbons (Fsp3) is 0.158. The molecule has 0 saturated carbocycles. The molecule has 29 heavy (non-hydrogen) atoms. The minimum Gasteiger partial charge on any atom is -0.493 e. The van der Waals surface area contributed by atoms with Crippen molar-refractivity contribution < 1.29 is 27.8 Å². The van der Waals surface area contributed by atoms with Gasteiger partial charge in [0.1, 0.15) is 0 Å². The third kappa shape index (κ3) is 4.83. The van der Waals surface area contributed by atoms with Gasteiger partial charge in [-0.25, -0.2) is 0 Å². The van der Waals surface area contributed by atoms with Crippen LogP contribution in [0.2, 0.25) is 10.0 Å². The number of methoxy groups -OCH3 is 1. The molecule has 0 N–H and O–H groups in total. The van der Waals surface area contributed by atoms with Crippen LogP contribution in [-0.4, -0.2) is 29.8 Å². The van der Waals surface area contributed by atoms with Crippen LogP contribution in [0.1, 0.15) is 11.1 Å². The van der Waals surface area contributed by atoms with Crippen LogP contribution < -0.4 is 9.47 Å². The van der Waals surface area contributed by atoms with Crippen molar-refractivity contribution in [2.75, 3.05) is 7.11 Å². The number of imide groups is 1. The first-order chi connectivity index (χ1) is 13.8. The van der Waals surface area contributed by atoms with Crippen LogP contribution in [0.15, 0.2) is 41.3 Å². The highest BCUT2D eigenvalue weighted by atomic mass is 35.5. The van der Waals surface area contributed by atoms with E-state index in [0.29, 0.717) is 21.2 Å². The molecule has 2 aromatic carbocycles. The van der Waals surface area contributed by atoms with Crippen molar-refractivity contribution in [2.24, 2.45) is 0 Å². The number of alkyl halides is 2. The number of amides is 2. The van der Waals surface area contributed by atoms with Gasteiger partial charge in [-0.2, -0.15) is 8.78 Å². The van der Waals surface area contributed by atoms with E-state index in [-0.39, 0.29) is 22.9 Å². The first kappa shape index (κ1) is 21.4. The van der Waals surface area contributed by atoms with E-state index in [0.717, 1.165) is 16.7 Å². The zero-order chi connectivity index (χ0) is 21.1. The van der Waals surface area contributed by atoms with Gasteiger partial charge in [0.15, 0.2) is 11.5 Å². The Morgan fingerprint density at radius 3 is 2.45 bits per heavy atom. The Morgan fingerprint density at radius 1 is 1.14 bits per heavy atom. The lowest BCUT2D eigenvalue weighted by Gasteiger charge is -2.14. The molecule has 0 bridgehead atoms. The van der Waals surface area contributed by atoms with Crippen LogP contribution in [0.3, 0.4) is 0 Å². The molecule has 10 heteroatoms. The molecule has 5 nitrogen and oxygen atoms in total. The van der Waals surface area contributed by atoms with E-state index >= 15 is 0 Å². The highest BCUT2D eigenvalue weighted by Crippen LogP contribution is 2.37. The first-order valence-corrected chi connectivity index (χ1v) is 9.68. The quantitative estimate of drug-likeness (QED) is 0.507. The molecule has 0 aromatic heterocycles. The van der Waals surface area contributed by atoms with Crippen molar-refractivity contribution >= 4 is 52.2 Å². The minimum absolute atomic E-state index is 0.0645. The summed E-state index contributed by atoms with van der Waals surface area (Å²) in [6, 6.07) is 9.09. The number of ether oxygens (including phenoxy) is 2. The summed E-state index contributed by atoms with van der Waals surface area (Å²) in [4.78, 5) is 26.2. The molecule has 1 aliphatic rings. The third-order valence-electron chi connectivity index (χ3n) is 3.95.